The average Bonchev–Trinajstić information content (AvgIpc) is 3.31. The van der Waals surface area contributed by atoms with Crippen molar-refractivity contribution in [1.29, 1.82) is 10.5 Å². The highest BCUT2D eigenvalue weighted by Gasteiger charge is 2.30. The summed E-state index contributed by atoms with van der Waals surface area (Å²) in [6, 6.07) is 36.1. The van der Waals surface area contributed by atoms with Crippen LogP contribution in [0, 0.1) is 22.7 Å². The molecule has 356 valence electrons. The first-order valence-corrected chi connectivity index (χ1v) is 23.3. The lowest BCUT2D eigenvalue weighted by Crippen LogP contribution is -2.30. The molecule has 2 atom stereocenters. The summed E-state index contributed by atoms with van der Waals surface area (Å²) in [4.78, 5) is 46.3. The summed E-state index contributed by atoms with van der Waals surface area (Å²) in [5, 5.41) is 55.3. The lowest BCUT2D eigenvalue weighted by Gasteiger charge is -2.21. The fraction of sp³-hybridized carbons (Fsp3) is 0.360. The molecule has 0 radical (unpaired) electrons. The maximum atomic E-state index is 12.1. The van der Waals surface area contributed by atoms with Gasteiger partial charge in [-0.3, -0.25) is 19.2 Å². The van der Waals surface area contributed by atoms with Crippen LogP contribution >= 0.6 is 48.0 Å². The number of nitrogens with zero attached hydrogens (tertiary/aromatic N) is 2. The van der Waals surface area contributed by atoms with Gasteiger partial charge in [0.25, 0.3) is 0 Å². The van der Waals surface area contributed by atoms with Crippen LogP contribution in [0.15, 0.2) is 109 Å². The number of ether oxygens (including phenoxy) is 3. The SMILES string of the molecule is CC(C#N)(CCC(=O)O)SC(=S)c1ccccc1.CC(C#N)(CCC(=O)OCCOc1ccc(C(=O)C(C)(C)O)cc1)SC(=S)c1ccccc1.CC(C)(O)C(=O)c1ccc(OCCO)cc1. The fourth-order valence-corrected chi connectivity index (χ4v) is 8.48. The van der Waals surface area contributed by atoms with Gasteiger partial charge in [0.1, 0.15) is 52.0 Å². The Balaban J connectivity index is 0.000000381. The number of carboxylic acid groups (broad SMARTS) is 1. The van der Waals surface area contributed by atoms with Crippen LogP contribution in [-0.2, 0) is 14.3 Å². The van der Waals surface area contributed by atoms with Gasteiger partial charge in [0.2, 0.25) is 0 Å². The maximum Gasteiger partial charge on any atom is 0.305 e. The molecule has 0 spiro atoms. The molecule has 17 heteroatoms. The van der Waals surface area contributed by atoms with Crippen molar-refractivity contribution in [1.82, 2.24) is 0 Å². The summed E-state index contributed by atoms with van der Waals surface area (Å²) in [7, 11) is 0. The molecule has 0 bridgehead atoms. The van der Waals surface area contributed by atoms with Gasteiger partial charge in [0.05, 0.1) is 27.1 Å². The summed E-state index contributed by atoms with van der Waals surface area (Å²) in [6.07, 6.45) is 0.630. The molecule has 0 saturated carbocycles. The van der Waals surface area contributed by atoms with Gasteiger partial charge in [-0.05, 0) is 114 Å². The van der Waals surface area contributed by atoms with Crippen molar-refractivity contribution in [2.45, 2.75) is 87.9 Å². The maximum absolute atomic E-state index is 12.1. The zero-order valence-electron chi connectivity index (χ0n) is 38.2. The van der Waals surface area contributed by atoms with Gasteiger partial charge >= 0.3 is 11.9 Å². The lowest BCUT2D eigenvalue weighted by molar-refractivity contribution is -0.144. The molecule has 67 heavy (non-hydrogen) atoms. The third-order valence-electron chi connectivity index (χ3n) is 9.07. The van der Waals surface area contributed by atoms with Crippen LogP contribution in [0.5, 0.6) is 11.5 Å². The van der Waals surface area contributed by atoms with E-state index in [1.54, 1.807) is 62.4 Å². The minimum Gasteiger partial charge on any atom is -0.491 e. The van der Waals surface area contributed by atoms with E-state index in [1.807, 2.05) is 60.7 Å². The summed E-state index contributed by atoms with van der Waals surface area (Å²) < 4.78 is 15.5. The molecular weight excluding hydrogens is 933 g/mol. The number of aliphatic hydroxyl groups excluding tert-OH is 1. The van der Waals surface area contributed by atoms with Crippen LogP contribution < -0.4 is 9.47 Å². The molecule has 4 aromatic rings. The summed E-state index contributed by atoms with van der Waals surface area (Å²) >= 11 is 13.2. The first-order valence-electron chi connectivity index (χ1n) is 20.8. The summed E-state index contributed by atoms with van der Waals surface area (Å²) in [5.41, 5.74) is -0.239. The Bertz CT molecular complexity index is 2340. The van der Waals surface area contributed by atoms with Crippen LogP contribution in [0.2, 0.25) is 0 Å². The quantitative estimate of drug-likeness (QED) is 0.0264. The number of Topliss-reactive ketones (excluding diaryl/α,β-unsaturated/α-hetero) is 2. The number of nitriles is 2. The minimum atomic E-state index is -1.44. The number of aliphatic carboxylic acids is 1. The van der Waals surface area contributed by atoms with Crippen molar-refractivity contribution in [2.75, 3.05) is 26.4 Å². The first-order chi connectivity index (χ1) is 31.5. The zero-order valence-corrected chi connectivity index (χ0v) is 41.5. The number of benzene rings is 4. The Morgan fingerprint density at radius 3 is 1.28 bits per heavy atom. The van der Waals surface area contributed by atoms with E-state index in [0.29, 0.717) is 37.4 Å². The monoisotopic (exact) mass is 988 g/mol. The molecule has 0 fully saturated rings. The van der Waals surface area contributed by atoms with Crippen molar-refractivity contribution in [3.8, 4) is 23.6 Å². The molecule has 13 nitrogen and oxygen atoms in total. The predicted molar refractivity (Wildman–Crippen MR) is 269 cm³/mol. The van der Waals surface area contributed by atoms with Crippen LogP contribution in [0.1, 0.15) is 99.1 Å². The number of carbonyl (C=O) groups is 4. The number of aliphatic hydroxyl groups is 3. The molecule has 0 aliphatic carbocycles. The highest BCUT2D eigenvalue weighted by molar-refractivity contribution is 8.25. The number of carboxylic acids is 1. The Morgan fingerprint density at radius 2 is 0.940 bits per heavy atom. The van der Waals surface area contributed by atoms with Gasteiger partial charge in [0.15, 0.2) is 11.6 Å². The van der Waals surface area contributed by atoms with Crippen LogP contribution in [0.4, 0.5) is 0 Å². The van der Waals surface area contributed by atoms with Crippen molar-refractivity contribution < 1.29 is 53.8 Å². The number of thiocarbonyl (C=S) groups is 2. The molecule has 4 N–H and O–H groups in total. The second-order valence-electron chi connectivity index (χ2n) is 16.1. The summed E-state index contributed by atoms with van der Waals surface area (Å²) in [5.74, 6) is -0.932. The number of esters is 1. The normalized spacial score (nSPS) is 12.6. The van der Waals surface area contributed by atoms with E-state index in [2.05, 4.69) is 12.1 Å². The van der Waals surface area contributed by atoms with Crippen LogP contribution in [0.3, 0.4) is 0 Å². The molecule has 2 unspecified atom stereocenters. The van der Waals surface area contributed by atoms with E-state index in [0.717, 1.165) is 11.1 Å². The number of hydrogen-bond acceptors (Lipinski definition) is 16. The molecule has 4 aromatic carbocycles. The average molecular weight is 989 g/mol. The highest BCUT2D eigenvalue weighted by Crippen LogP contribution is 2.34. The first kappa shape index (κ1) is 57.6. The van der Waals surface area contributed by atoms with Gasteiger partial charge in [-0.25, -0.2) is 0 Å². The third-order valence-corrected chi connectivity index (χ3v) is 12.4. The Kier molecular flexibility index (Phi) is 24.1. The summed E-state index contributed by atoms with van der Waals surface area (Å²) in [6.45, 7) is 9.62. The molecule has 0 heterocycles. The van der Waals surface area contributed by atoms with Gasteiger partial charge in [-0.2, -0.15) is 10.5 Å². The third kappa shape index (κ3) is 21.8. The number of rotatable bonds is 21. The standard InChI is InChI=1S/C25H27NO5S2.C13H13NO2S2.C12H16O4/c1-24(2,29)22(28)18-9-11-20(12-10-18)30-15-16-31-21(27)13-14-25(3,17-26)33-23(32)19-7-5-4-6-8-19;1-13(9-14,8-7-11(15)16)18-12(17)10-5-3-2-4-6-10;1-12(2,15)11(14)9-3-5-10(6-4-9)16-8-7-13/h4-12,29H,13-16H2,1-3H3;2-6H,7-8H2,1H3,(H,15,16);3-6,13,15H,7-8H2,1-2H3. The Labute approximate surface area is 411 Å². The van der Waals surface area contributed by atoms with Gasteiger partial charge in [-0.15, -0.1) is 0 Å². The molecule has 0 aliphatic heterocycles. The molecule has 0 aliphatic rings. The van der Waals surface area contributed by atoms with E-state index in [4.69, 9.17) is 48.9 Å². The van der Waals surface area contributed by atoms with Gasteiger partial charge in [-0.1, -0.05) is 109 Å². The fourth-order valence-electron chi connectivity index (χ4n) is 5.28. The van der Waals surface area contributed by atoms with E-state index in [1.165, 1.54) is 51.2 Å². The molecule has 0 saturated heterocycles. The molecule has 0 amide bonds. The number of ketones is 2. The molecular formula is C50H56N2O11S4. The molecule has 0 aromatic heterocycles. The number of hydrogen-bond donors (Lipinski definition) is 4. The van der Waals surface area contributed by atoms with E-state index in [9.17, 15) is 39.9 Å². The lowest BCUT2D eigenvalue weighted by atomic mass is 9.97. The number of thioether (sulfide) groups is 2. The number of carbonyl (C=O) groups excluding carboxylic acids is 3. The van der Waals surface area contributed by atoms with Crippen molar-refractivity contribution in [3.63, 3.8) is 0 Å². The predicted octanol–water partition coefficient (Wildman–Crippen LogP) is 8.99. The van der Waals surface area contributed by atoms with Crippen molar-refractivity contribution >= 4 is 79.9 Å². The minimum absolute atomic E-state index is 0.0333. The van der Waals surface area contributed by atoms with Crippen molar-refractivity contribution in [3.05, 3.63) is 131 Å². The van der Waals surface area contributed by atoms with E-state index >= 15 is 0 Å². The molecule has 4 rings (SSSR count). The van der Waals surface area contributed by atoms with Gasteiger partial charge < -0.3 is 34.6 Å². The zero-order chi connectivity index (χ0) is 50.3. The second kappa shape index (κ2) is 28.0. The Hall–Kier alpha value is -5.50. The van der Waals surface area contributed by atoms with Crippen LogP contribution in [-0.4, -0.2) is 99.4 Å². The largest absolute Gasteiger partial charge is 0.491 e. The smallest absolute Gasteiger partial charge is 0.305 e. The second-order valence-corrected chi connectivity index (χ2v) is 20.4. The van der Waals surface area contributed by atoms with Crippen LogP contribution in [0.25, 0.3) is 0 Å². The van der Waals surface area contributed by atoms with Crippen molar-refractivity contribution in [2.24, 2.45) is 0 Å². The Morgan fingerprint density at radius 1 is 0.567 bits per heavy atom. The van der Waals surface area contributed by atoms with E-state index in [-0.39, 0.29) is 57.3 Å². The topological polar surface area (TPSA) is 224 Å². The van der Waals surface area contributed by atoms with Gasteiger partial charge in [0, 0.05) is 24.0 Å². The van der Waals surface area contributed by atoms with E-state index < -0.39 is 32.6 Å². The highest BCUT2D eigenvalue weighted by atomic mass is 32.2.